The summed E-state index contributed by atoms with van der Waals surface area (Å²) in [4.78, 5) is 24.3. The topological polar surface area (TPSA) is 43.4 Å². The fourth-order valence-electron chi connectivity index (χ4n) is 2.17. The monoisotopic (exact) mass is 298 g/mol. The molecule has 2 aromatic carbocycles. The van der Waals surface area contributed by atoms with Gasteiger partial charge in [0.15, 0.2) is 11.6 Å². The molecule has 21 heavy (non-hydrogen) atoms. The normalized spacial score (nSPS) is 13.7. The maximum Gasteiger partial charge on any atom is 0.193 e. The summed E-state index contributed by atoms with van der Waals surface area (Å²) < 4.78 is 5.53. The second-order valence-corrected chi connectivity index (χ2v) is 5.09. The second kappa shape index (κ2) is 5.54. The third-order valence-electron chi connectivity index (χ3n) is 3.24. The zero-order valence-corrected chi connectivity index (χ0v) is 11.8. The zero-order chi connectivity index (χ0) is 14.8. The van der Waals surface area contributed by atoms with Crippen LogP contribution in [0.25, 0.3) is 0 Å². The number of carbonyl (C=O) groups is 2. The lowest BCUT2D eigenvalue weighted by atomic mass is 9.90. The van der Waals surface area contributed by atoms with Crippen LogP contribution in [0.1, 0.15) is 20.7 Å². The molecule has 0 saturated carbocycles. The van der Waals surface area contributed by atoms with Gasteiger partial charge in [0.2, 0.25) is 0 Å². The molecule has 0 N–H and O–H groups in total. The number of benzene rings is 2. The van der Waals surface area contributed by atoms with Gasteiger partial charge in [-0.25, -0.2) is 0 Å². The van der Waals surface area contributed by atoms with Crippen molar-refractivity contribution >= 4 is 23.2 Å². The number of halogens is 1. The Labute approximate surface area is 126 Å². The van der Waals surface area contributed by atoms with E-state index in [1.54, 1.807) is 48.5 Å². The van der Waals surface area contributed by atoms with Crippen molar-refractivity contribution in [2.24, 2.45) is 0 Å². The van der Waals surface area contributed by atoms with Gasteiger partial charge in [-0.15, -0.1) is 0 Å². The average molecular weight is 299 g/mol. The minimum Gasteiger partial charge on any atom is -0.489 e. The van der Waals surface area contributed by atoms with Crippen LogP contribution in [-0.4, -0.2) is 18.2 Å². The molecule has 1 aliphatic rings. The van der Waals surface area contributed by atoms with Gasteiger partial charge < -0.3 is 4.74 Å². The maximum atomic E-state index is 12.3. The lowest BCUT2D eigenvalue weighted by Crippen LogP contribution is -2.20. The van der Waals surface area contributed by atoms with Crippen LogP contribution in [0.4, 0.5) is 0 Å². The first-order valence-electron chi connectivity index (χ1n) is 6.42. The SMILES string of the molecule is O=C1C=C(COc2ccc(Cl)cc2)C(=O)c2ccccc21. The standard InChI is InChI=1S/C17H11ClO3/c18-12-5-7-13(8-6-12)21-10-11-9-16(19)14-3-1-2-4-15(14)17(11)20/h1-9H,10H2. The van der Waals surface area contributed by atoms with E-state index in [9.17, 15) is 9.59 Å². The van der Waals surface area contributed by atoms with Crippen molar-refractivity contribution in [3.05, 3.63) is 76.3 Å². The Hall–Kier alpha value is -2.39. The van der Waals surface area contributed by atoms with E-state index in [1.165, 1.54) is 6.08 Å². The van der Waals surface area contributed by atoms with Crippen LogP contribution in [0.5, 0.6) is 5.75 Å². The summed E-state index contributed by atoms with van der Waals surface area (Å²) >= 11 is 5.79. The molecule has 2 aromatic rings. The number of ketones is 2. The molecule has 3 rings (SSSR count). The van der Waals surface area contributed by atoms with E-state index in [0.717, 1.165) is 0 Å². The van der Waals surface area contributed by atoms with E-state index >= 15 is 0 Å². The quantitative estimate of drug-likeness (QED) is 0.867. The fourth-order valence-corrected chi connectivity index (χ4v) is 2.30. The van der Waals surface area contributed by atoms with Crippen molar-refractivity contribution in [3.8, 4) is 5.75 Å². The minimum atomic E-state index is -0.167. The lowest BCUT2D eigenvalue weighted by molar-refractivity contribution is 0.0974. The number of Topliss-reactive ketones (excluding diaryl/α,β-unsaturated/α-hetero) is 1. The molecular formula is C17H11ClO3. The van der Waals surface area contributed by atoms with Crippen molar-refractivity contribution in [3.63, 3.8) is 0 Å². The van der Waals surface area contributed by atoms with Gasteiger partial charge in [0.1, 0.15) is 12.4 Å². The Balaban J connectivity index is 1.79. The van der Waals surface area contributed by atoms with Crippen LogP contribution in [0.15, 0.2) is 60.2 Å². The third kappa shape index (κ3) is 2.73. The predicted octanol–water partition coefficient (Wildman–Crippen LogP) is 3.72. The third-order valence-corrected chi connectivity index (χ3v) is 3.49. The number of rotatable bonds is 3. The first-order valence-corrected chi connectivity index (χ1v) is 6.80. The van der Waals surface area contributed by atoms with Crippen LogP contribution in [0.2, 0.25) is 5.02 Å². The van der Waals surface area contributed by atoms with Gasteiger partial charge in [-0.05, 0) is 30.3 Å². The Kier molecular flexibility index (Phi) is 3.59. The average Bonchev–Trinajstić information content (AvgIpc) is 2.51. The summed E-state index contributed by atoms with van der Waals surface area (Å²) in [6.45, 7) is 0.0561. The molecule has 0 spiro atoms. The molecule has 0 saturated heterocycles. The van der Waals surface area contributed by atoms with Gasteiger partial charge in [0, 0.05) is 21.7 Å². The van der Waals surface area contributed by atoms with Crippen molar-refractivity contribution in [1.29, 1.82) is 0 Å². The van der Waals surface area contributed by atoms with E-state index in [-0.39, 0.29) is 18.2 Å². The van der Waals surface area contributed by atoms with Gasteiger partial charge in [0.05, 0.1) is 0 Å². The molecule has 0 fully saturated rings. The second-order valence-electron chi connectivity index (χ2n) is 4.65. The van der Waals surface area contributed by atoms with Gasteiger partial charge in [-0.1, -0.05) is 35.9 Å². The molecule has 104 valence electrons. The Morgan fingerprint density at radius 3 is 2.29 bits per heavy atom. The Morgan fingerprint density at radius 1 is 0.905 bits per heavy atom. The molecule has 1 aliphatic carbocycles. The largest absolute Gasteiger partial charge is 0.489 e. The van der Waals surface area contributed by atoms with E-state index in [1.807, 2.05) is 0 Å². The van der Waals surface area contributed by atoms with Gasteiger partial charge >= 0.3 is 0 Å². The van der Waals surface area contributed by atoms with Crippen LogP contribution in [0.3, 0.4) is 0 Å². The molecular weight excluding hydrogens is 288 g/mol. The van der Waals surface area contributed by atoms with E-state index in [0.29, 0.717) is 27.5 Å². The highest BCUT2D eigenvalue weighted by Crippen LogP contribution is 2.22. The molecule has 0 aliphatic heterocycles. The van der Waals surface area contributed by atoms with Crippen molar-refractivity contribution < 1.29 is 14.3 Å². The minimum absolute atomic E-state index is 0.0561. The van der Waals surface area contributed by atoms with Gasteiger partial charge in [-0.3, -0.25) is 9.59 Å². The lowest BCUT2D eigenvalue weighted by Gasteiger charge is -2.15. The van der Waals surface area contributed by atoms with Crippen LogP contribution in [0, 0.1) is 0 Å². The smallest absolute Gasteiger partial charge is 0.193 e. The highest BCUT2D eigenvalue weighted by molar-refractivity contribution is 6.30. The van der Waals surface area contributed by atoms with Crippen molar-refractivity contribution in [2.45, 2.75) is 0 Å². The summed E-state index contributed by atoms with van der Waals surface area (Å²) in [5.41, 5.74) is 1.23. The number of allylic oxidation sites excluding steroid dienone is 1. The number of fused-ring (bicyclic) bond motifs is 1. The molecule has 0 heterocycles. The van der Waals surface area contributed by atoms with Gasteiger partial charge in [0.25, 0.3) is 0 Å². The summed E-state index contributed by atoms with van der Waals surface area (Å²) in [5, 5.41) is 0.611. The van der Waals surface area contributed by atoms with E-state index in [4.69, 9.17) is 16.3 Å². The van der Waals surface area contributed by atoms with Crippen LogP contribution in [-0.2, 0) is 0 Å². The van der Waals surface area contributed by atoms with Crippen LogP contribution < -0.4 is 4.74 Å². The Bertz CT molecular complexity index is 745. The first-order chi connectivity index (χ1) is 10.1. The summed E-state index contributed by atoms with van der Waals surface area (Å²) in [6, 6.07) is 13.6. The van der Waals surface area contributed by atoms with E-state index < -0.39 is 0 Å². The zero-order valence-electron chi connectivity index (χ0n) is 11.0. The van der Waals surface area contributed by atoms with Crippen LogP contribution >= 0.6 is 11.6 Å². The molecule has 0 bridgehead atoms. The molecule has 0 aromatic heterocycles. The highest BCUT2D eigenvalue weighted by Gasteiger charge is 2.25. The molecule has 0 unspecified atom stereocenters. The molecule has 0 amide bonds. The molecule has 4 heteroatoms. The first kappa shape index (κ1) is 13.6. The molecule has 0 atom stereocenters. The van der Waals surface area contributed by atoms with E-state index in [2.05, 4.69) is 0 Å². The summed E-state index contributed by atoms with van der Waals surface area (Å²) in [7, 11) is 0. The fraction of sp³-hybridized carbons (Fsp3) is 0.0588. The van der Waals surface area contributed by atoms with Gasteiger partial charge in [-0.2, -0.15) is 0 Å². The number of ether oxygens (including phenoxy) is 1. The predicted molar refractivity (Wildman–Crippen MR) is 80.1 cm³/mol. The highest BCUT2D eigenvalue weighted by atomic mass is 35.5. The summed E-state index contributed by atoms with van der Waals surface area (Å²) in [6.07, 6.45) is 1.35. The molecule has 0 radical (unpaired) electrons. The Morgan fingerprint density at radius 2 is 1.57 bits per heavy atom. The number of carbonyl (C=O) groups excluding carboxylic acids is 2. The summed E-state index contributed by atoms with van der Waals surface area (Å²) in [5.74, 6) is 0.262. The van der Waals surface area contributed by atoms with Crippen molar-refractivity contribution in [2.75, 3.05) is 6.61 Å². The molecule has 3 nitrogen and oxygen atoms in total. The van der Waals surface area contributed by atoms with Crippen molar-refractivity contribution in [1.82, 2.24) is 0 Å². The number of hydrogen-bond acceptors (Lipinski definition) is 3. The number of hydrogen-bond donors (Lipinski definition) is 0. The maximum absolute atomic E-state index is 12.3.